The summed E-state index contributed by atoms with van der Waals surface area (Å²) in [6, 6.07) is 2.04. The molecule has 0 fully saturated rings. The van der Waals surface area contributed by atoms with Gasteiger partial charge in [0.05, 0.1) is 18.7 Å². The molecule has 1 rings (SSSR count). The molecule has 4 nitrogen and oxygen atoms in total. The van der Waals surface area contributed by atoms with Gasteiger partial charge in [0.1, 0.15) is 12.4 Å². The first-order valence-electron chi connectivity index (χ1n) is 5.90. The predicted molar refractivity (Wildman–Crippen MR) is 62.8 cm³/mol. The van der Waals surface area contributed by atoms with Gasteiger partial charge in [0, 0.05) is 18.7 Å². The quantitative estimate of drug-likeness (QED) is 0.673. The number of carbonyl (C=O) groups is 1. The molecule has 18 heavy (non-hydrogen) atoms. The maximum Gasteiger partial charge on any atom is 0.261 e. The monoisotopic (exact) mass is 260 g/mol. The van der Waals surface area contributed by atoms with Crippen molar-refractivity contribution in [3.63, 3.8) is 0 Å². The minimum absolute atomic E-state index is 0.0358. The van der Waals surface area contributed by atoms with Crippen molar-refractivity contribution in [3.05, 3.63) is 18.0 Å². The summed E-state index contributed by atoms with van der Waals surface area (Å²) in [6.45, 7) is 3.41. The van der Waals surface area contributed by atoms with Crippen LogP contribution in [0.25, 0.3) is 0 Å². The number of ketones is 1. The first-order chi connectivity index (χ1) is 8.49. The molecule has 0 spiro atoms. The lowest BCUT2D eigenvalue weighted by Gasteiger charge is -2.04. The van der Waals surface area contributed by atoms with Crippen LogP contribution in [0.3, 0.4) is 0 Å². The Morgan fingerprint density at radius 2 is 2.22 bits per heavy atom. The smallest absolute Gasteiger partial charge is 0.261 e. The second kappa shape index (κ2) is 7.20. The molecule has 0 radical (unpaired) electrons. The van der Waals surface area contributed by atoms with Gasteiger partial charge in [-0.2, -0.15) is 5.10 Å². The molecule has 0 aliphatic carbocycles. The Labute approximate surface area is 105 Å². The summed E-state index contributed by atoms with van der Waals surface area (Å²) in [4.78, 5) is 11.5. The maximum atomic E-state index is 11.8. The summed E-state index contributed by atoms with van der Waals surface area (Å²) < 4.78 is 29.9. The molecule has 0 bridgehead atoms. The molecule has 0 unspecified atom stereocenters. The summed E-state index contributed by atoms with van der Waals surface area (Å²) >= 11 is 0. The van der Waals surface area contributed by atoms with E-state index in [1.807, 2.05) is 20.0 Å². The third-order valence-corrected chi connectivity index (χ3v) is 2.34. The van der Waals surface area contributed by atoms with E-state index < -0.39 is 13.0 Å². The van der Waals surface area contributed by atoms with E-state index in [4.69, 9.17) is 0 Å². The molecule has 0 amide bonds. The zero-order chi connectivity index (χ0) is 13.5. The standard InChI is InChI=1S/C12H18F2N2O2/c1-9(2)16-5-3-10(15-16)7-11(17)4-6-18-8-12(13)14/h3,5,9,12H,4,6-8H2,1-2H3. The molecule has 0 N–H and O–H groups in total. The van der Waals surface area contributed by atoms with Crippen LogP contribution in [0.4, 0.5) is 8.78 Å². The minimum atomic E-state index is -2.48. The fraction of sp³-hybridized carbons (Fsp3) is 0.667. The zero-order valence-corrected chi connectivity index (χ0v) is 10.6. The van der Waals surface area contributed by atoms with Crippen LogP contribution in [0.2, 0.25) is 0 Å². The van der Waals surface area contributed by atoms with Crippen molar-refractivity contribution < 1.29 is 18.3 Å². The number of carbonyl (C=O) groups excluding carboxylic acids is 1. The van der Waals surface area contributed by atoms with Crippen molar-refractivity contribution in [2.24, 2.45) is 0 Å². The van der Waals surface area contributed by atoms with Crippen molar-refractivity contribution in [3.8, 4) is 0 Å². The van der Waals surface area contributed by atoms with Crippen LogP contribution in [-0.4, -0.2) is 35.2 Å². The highest BCUT2D eigenvalue weighted by atomic mass is 19.3. The Morgan fingerprint density at radius 1 is 1.50 bits per heavy atom. The summed E-state index contributed by atoms with van der Waals surface area (Å²) in [7, 11) is 0. The van der Waals surface area contributed by atoms with Gasteiger partial charge in [-0.05, 0) is 19.9 Å². The number of aromatic nitrogens is 2. The van der Waals surface area contributed by atoms with Gasteiger partial charge in [-0.3, -0.25) is 9.48 Å². The number of Topliss-reactive ketones (excluding diaryl/α,β-unsaturated/α-hetero) is 1. The van der Waals surface area contributed by atoms with Crippen LogP contribution in [0.5, 0.6) is 0 Å². The van der Waals surface area contributed by atoms with Crippen LogP contribution in [0.1, 0.15) is 32.0 Å². The zero-order valence-electron chi connectivity index (χ0n) is 10.6. The van der Waals surface area contributed by atoms with Crippen LogP contribution < -0.4 is 0 Å². The van der Waals surface area contributed by atoms with E-state index >= 15 is 0 Å². The highest BCUT2D eigenvalue weighted by Gasteiger charge is 2.09. The number of alkyl halides is 2. The Kier molecular flexibility index (Phi) is 5.91. The Morgan fingerprint density at radius 3 is 2.78 bits per heavy atom. The molecule has 0 aliphatic heterocycles. The number of halogens is 2. The number of nitrogens with zero attached hydrogens (tertiary/aromatic N) is 2. The Balaban J connectivity index is 2.26. The minimum Gasteiger partial charge on any atom is -0.375 e. The molecule has 0 aliphatic rings. The summed E-state index contributed by atoms with van der Waals surface area (Å²) in [5.74, 6) is -0.0572. The molecule has 0 saturated carbocycles. The summed E-state index contributed by atoms with van der Waals surface area (Å²) in [5.41, 5.74) is 0.697. The van der Waals surface area contributed by atoms with E-state index in [0.29, 0.717) is 5.69 Å². The fourth-order valence-corrected chi connectivity index (χ4v) is 1.41. The third-order valence-electron chi connectivity index (χ3n) is 2.34. The molecular weight excluding hydrogens is 242 g/mol. The Bertz CT molecular complexity index is 378. The van der Waals surface area contributed by atoms with Gasteiger partial charge in [-0.15, -0.1) is 0 Å². The van der Waals surface area contributed by atoms with Gasteiger partial charge >= 0.3 is 0 Å². The van der Waals surface area contributed by atoms with Crippen molar-refractivity contribution in [2.75, 3.05) is 13.2 Å². The van der Waals surface area contributed by atoms with E-state index in [1.165, 1.54) is 0 Å². The number of rotatable bonds is 8. The second-order valence-corrected chi connectivity index (χ2v) is 4.31. The maximum absolute atomic E-state index is 11.8. The van der Waals surface area contributed by atoms with Crippen LogP contribution in [0, 0.1) is 0 Å². The average molecular weight is 260 g/mol. The number of hydrogen-bond acceptors (Lipinski definition) is 3. The van der Waals surface area contributed by atoms with E-state index in [0.717, 1.165) is 0 Å². The lowest BCUT2D eigenvalue weighted by Crippen LogP contribution is -2.11. The highest BCUT2D eigenvalue weighted by molar-refractivity contribution is 5.80. The highest BCUT2D eigenvalue weighted by Crippen LogP contribution is 2.06. The van der Waals surface area contributed by atoms with Gasteiger partial charge in [0.15, 0.2) is 0 Å². The van der Waals surface area contributed by atoms with Crippen molar-refractivity contribution in [1.82, 2.24) is 9.78 Å². The van der Waals surface area contributed by atoms with Gasteiger partial charge in [-0.25, -0.2) is 8.78 Å². The van der Waals surface area contributed by atoms with Crippen LogP contribution in [-0.2, 0) is 16.0 Å². The van der Waals surface area contributed by atoms with E-state index in [-0.39, 0.29) is 31.3 Å². The lowest BCUT2D eigenvalue weighted by atomic mass is 10.2. The molecule has 1 heterocycles. The van der Waals surface area contributed by atoms with E-state index in [9.17, 15) is 13.6 Å². The van der Waals surface area contributed by atoms with E-state index in [2.05, 4.69) is 9.84 Å². The summed E-state index contributed by atoms with van der Waals surface area (Å²) in [5, 5.41) is 4.24. The average Bonchev–Trinajstić information content (AvgIpc) is 2.72. The molecule has 0 aromatic carbocycles. The normalized spacial score (nSPS) is 11.4. The van der Waals surface area contributed by atoms with E-state index in [1.54, 1.807) is 10.7 Å². The molecular formula is C12H18F2N2O2. The first kappa shape index (κ1) is 14.8. The molecule has 0 saturated heterocycles. The van der Waals surface area contributed by atoms with Crippen molar-refractivity contribution in [1.29, 1.82) is 0 Å². The van der Waals surface area contributed by atoms with Crippen LogP contribution in [0.15, 0.2) is 12.3 Å². The first-order valence-corrected chi connectivity index (χ1v) is 5.90. The predicted octanol–water partition coefficient (Wildman–Crippen LogP) is 2.25. The molecule has 0 atom stereocenters. The largest absolute Gasteiger partial charge is 0.375 e. The van der Waals surface area contributed by atoms with Gasteiger partial charge in [-0.1, -0.05) is 0 Å². The van der Waals surface area contributed by atoms with Gasteiger partial charge in [0.2, 0.25) is 0 Å². The number of ether oxygens (including phenoxy) is 1. The van der Waals surface area contributed by atoms with Gasteiger partial charge < -0.3 is 4.74 Å². The van der Waals surface area contributed by atoms with Crippen molar-refractivity contribution in [2.45, 2.75) is 39.2 Å². The molecule has 1 aromatic rings. The van der Waals surface area contributed by atoms with Crippen LogP contribution >= 0.6 is 0 Å². The fourth-order valence-electron chi connectivity index (χ4n) is 1.41. The number of hydrogen-bond donors (Lipinski definition) is 0. The molecule has 1 aromatic heterocycles. The lowest BCUT2D eigenvalue weighted by molar-refractivity contribution is -0.120. The molecule has 102 valence electrons. The molecule has 6 heteroatoms. The van der Waals surface area contributed by atoms with Gasteiger partial charge in [0.25, 0.3) is 6.43 Å². The second-order valence-electron chi connectivity index (χ2n) is 4.31. The third kappa shape index (κ3) is 5.35. The SMILES string of the molecule is CC(C)n1ccc(CC(=O)CCOCC(F)F)n1. The summed E-state index contributed by atoms with van der Waals surface area (Å²) in [6.07, 6.45) is -0.304. The topological polar surface area (TPSA) is 44.1 Å². The Hall–Kier alpha value is -1.30. The van der Waals surface area contributed by atoms with Crippen molar-refractivity contribution >= 4 is 5.78 Å².